The van der Waals surface area contributed by atoms with Gasteiger partial charge in [0.1, 0.15) is 18.1 Å². The van der Waals surface area contributed by atoms with E-state index in [-0.39, 0.29) is 29.3 Å². The van der Waals surface area contributed by atoms with Crippen molar-refractivity contribution in [2.75, 3.05) is 0 Å². The summed E-state index contributed by atoms with van der Waals surface area (Å²) in [6, 6.07) is 23.3. The molecule has 0 aliphatic rings. The topological polar surface area (TPSA) is 96.7 Å². The highest BCUT2D eigenvalue weighted by Gasteiger charge is 2.19. The lowest BCUT2D eigenvalue weighted by molar-refractivity contribution is 0.0696. The molecule has 2 N–H and O–H groups in total. The Morgan fingerprint density at radius 3 is 2.32 bits per heavy atom. The lowest BCUT2D eigenvalue weighted by atomic mass is 10.0. The number of carboxylic acids is 1. The van der Waals surface area contributed by atoms with Gasteiger partial charge in [-0.25, -0.2) is 4.79 Å². The molecule has 6 nitrogen and oxygen atoms in total. The molecule has 0 saturated carbocycles. The molecule has 0 aliphatic carbocycles. The van der Waals surface area contributed by atoms with Crippen LogP contribution >= 0.6 is 0 Å². The summed E-state index contributed by atoms with van der Waals surface area (Å²) in [6.45, 7) is 1.66. The molecule has 0 aliphatic heterocycles. The lowest BCUT2D eigenvalue weighted by Crippen LogP contribution is -2.01. The number of aromatic carboxylic acids is 1. The molecule has 0 amide bonds. The Kier molecular flexibility index (Phi) is 6.69. The molecule has 3 aromatic carbocycles. The predicted octanol–water partition coefficient (Wildman–Crippen LogP) is 5.52. The van der Waals surface area contributed by atoms with Gasteiger partial charge in [0.25, 0.3) is 0 Å². The molecule has 34 heavy (non-hydrogen) atoms. The number of carboxylic acid groups (broad SMARTS) is 1. The van der Waals surface area contributed by atoms with Crippen LogP contribution in [0.25, 0.3) is 11.3 Å². The number of nitrogens with zero attached hydrogens (tertiary/aromatic N) is 1. The highest BCUT2D eigenvalue weighted by molar-refractivity contribution is 5.99. The Balaban J connectivity index is 1.52. The van der Waals surface area contributed by atoms with Crippen molar-refractivity contribution in [1.29, 1.82) is 0 Å². The van der Waals surface area contributed by atoms with Crippen LogP contribution in [-0.4, -0.2) is 26.9 Å². The largest absolute Gasteiger partial charge is 0.506 e. The summed E-state index contributed by atoms with van der Waals surface area (Å²) in [6.07, 6.45) is 2.23. The monoisotopic (exact) mass is 453 g/mol. The van der Waals surface area contributed by atoms with E-state index in [1.807, 2.05) is 30.3 Å². The highest BCUT2D eigenvalue weighted by Crippen LogP contribution is 2.39. The van der Waals surface area contributed by atoms with Crippen LogP contribution in [0.15, 0.2) is 85.1 Å². The minimum Gasteiger partial charge on any atom is -0.506 e. The third-order valence-corrected chi connectivity index (χ3v) is 5.44. The van der Waals surface area contributed by atoms with Gasteiger partial charge < -0.3 is 14.9 Å². The first-order chi connectivity index (χ1) is 16.4. The number of carbonyl (C=O) groups is 2. The molecule has 1 aromatic heterocycles. The number of carbonyl (C=O) groups excluding carboxylic acids is 1. The van der Waals surface area contributed by atoms with Gasteiger partial charge in [-0.2, -0.15) is 0 Å². The van der Waals surface area contributed by atoms with Crippen LogP contribution in [0.5, 0.6) is 11.5 Å². The van der Waals surface area contributed by atoms with Crippen molar-refractivity contribution < 1.29 is 24.5 Å². The maximum absolute atomic E-state index is 11.9. The van der Waals surface area contributed by atoms with Crippen LogP contribution < -0.4 is 4.74 Å². The van der Waals surface area contributed by atoms with E-state index >= 15 is 0 Å². The molecule has 6 heteroatoms. The maximum atomic E-state index is 11.9. The van der Waals surface area contributed by atoms with Gasteiger partial charge in [-0.1, -0.05) is 42.5 Å². The Morgan fingerprint density at radius 2 is 1.65 bits per heavy atom. The summed E-state index contributed by atoms with van der Waals surface area (Å²) in [7, 11) is 0. The number of ketones is 1. The average molecular weight is 453 g/mol. The zero-order chi connectivity index (χ0) is 24.1. The van der Waals surface area contributed by atoms with Crippen molar-refractivity contribution in [2.24, 2.45) is 0 Å². The van der Waals surface area contributed by atoms with E-state index in [2.05, 4.69) is 4.98 Å². The average Bonchev–Trinajstić information content (AvgIpc) is 2.84. The van der Waals surface area contributed by atoms with Crippen molar-refractivity contribution >= 4 is 11.8 Å². The van der Waals surface area contributed by atoms with Gasteiger partial charge in [-0.05, 0) is 66.4 Å². The molecule has 0 unspecified atom stereocenters. The van der Waals surface area contributed by atoms with Gasteiger partial charge in [0.2, 0.25) is 0 Å². The van der Waals surface area contributed by atoms with Crippen LogP contribution in [0.1, 0.15) is 44.3 Å². The van der Waals surface area contributed by atoms with Crippen LogP contribution in [0.3, 0.4) is 0 Å². The molecular weight excluding hydrogens is 430 g/mol. The van der Waals surface area contributed by atoms with Gasteiger partial charge >= 0.3 is 5.97 Å². The maximum Gasteiger partial charge on any atom is 0.335 e. The molecule has 0 atom stereocenters. The number of aromatic hydroxyl groups is 1. The number of Topliss-reactive ketones (excluding diaryl/α,β-unsaturated/α-hetero) is 1. The Labute approximate surface area is 197 Å². The number of pyridine rings is 1. The predicted molar refractivity (Wildman–Crippen MR) is 128 cm³/mol. The number of phenolic OH excluding ortho intramolecular Hbond substituents is 1. The first-order valence-electron chi connectivity index (χ1n) is 10.7. The fourth-order valence-electron chi connectivity index (χ4n) is 3.70. The highest BCUT2D eigenvalue weighted by atomic mass is 16.5. The van der Waals surface area contributed by atoms with Gasteiger partial charge in [-0.15, -0.1) is 0 Å². The first-order valence-corrected chi connectivity index (χ1v) is 10.7. The summed E-state index contributed by atoms with van der Waals surface area (Å²) >= 11 is 0. The van der Waals surface area contributed by atoms with Crippen LogP contribution in [0, 0.1) is 0 Å². The normalized spacial score (nSPS) is 10.6. The molecule has 0 saturated heterocycles. The fraction of sp³-hybridized carbons (Fsp3) is 0.107. The Hall–Kier alpha value is -4.45. The second-order valence-electron chi connectivity index (χ2n) is 7.89. The number of aromatic nitrogens is 1. The van der Waals surface area contributed by atoms with Gasteiger partial charge in [-0.3, -0.25) is 9.78 Å². The van der Waals surface area contributed by atoms with Gasteiger partial charge in [0.15, 0.2) is 5.78 Å². The number of hydrogen-bond donors (Lipinski definition) is 2. The summed E-state index contributed by atoms with van der Waals surface area (Å²) in [5, 5.41) is 19.9. The van der Waals surface area contributed by atoms with Crippen LogP contribution in [0.4, 0.5) is 0 Å². The van der Waals surface area contributed by atoms with Gasteiger partial charge in [0.05, 0.1) is 22.4 Å². The second kappa shape index (κ2) is 10.0. The van der Waals surface area contributed by atoms with E-state index in [4.69, 9.17) is 9.84 Å². The molecule has 0 radical (unpaired) electrons. The number of phenols is 1. The number of rotatable bonds is 8. The van der Waals surface area contributed by atoms with Crippen molar-refractivity contribution in [1.82, 2.24) is 4.98 Å². The SMILES string of the molecule is CC(=O)c1ccc(OCc2ccc(Cc3cccc(C(=O)O)c3)cc2)c(-c2ccccn2)c1O. The van der Waals surface area contributed by atoms with E-state index in [9.17, 15) is 14.7 Å². The number of ether oxygens (including phenoxy) is 1. The molecule has 4 aromatic rings. The summed E-state index contributed by atoms with van der Waals surface area (Å²) in [5.41, 5.74) is 4.26. The smallest absolute Gasteiger partial charge is 0.335 e. The fourth-order valence-corrected chi connectivity index (χ4v) is 3.70. The zero-order valence-electron chi connectivity index (χ0n) is 18.6. The molecule has 0 bridgehead atoms. The molecule has 1 heterocycles. The summed E-state index contributed by atoms with van der Waals surface area (Å²) in [4.78, 5) is 27.4. The van der Waals surface area contributed by atoms with E-state index in [1.165, 1.54) is 6.92 Å². The van der Waals surface area contributed by atoms with Crippen molar-refractivity contribution in [3.05, 3.63) is 113 Å². The molecular formula is C28H23NO5. The number of benzene rings is 3. The van der Waals surface area contributed by atoms with Gasteiger partial charge in [0, 0.05) is 6.20 Å². The number of hydrogen-bond acceptors (Lipinski definition) is 5. The Morgan fingerprint density at radius 1 is 0.882 bits per heavy atom. The molecule has 0 fully saturated rings. The minimum atomic E-state index is -0.943. The quantitative estimate of drug-likeness (QED) is 0.341. The standard InChI is InChI=1S/C28H23NO5/c1-18(30)23-12-13-25(26(27(23)31)24-7-2-3-14-29-24)34-17-20-10-8-19(9-11-20)15-21-5-4-6-22(16-21)28(32)33/h2-14,16,31H,15,17H2,1H3,(H,32,33). The second-order valence-corrected chi connectivity index (χ2v) is 7.89. The van der Waals surface area contributed by atoms with E-state index in [0.717, 1.165) is 16.7 Å². The van der Waals surface area contributed by atoms with Crippen molar-refractivity contribution in [2.45, 2.75) is 20.0 Å². The van der Waals surface area contributed by atoms with E-state index < -0.39 is 5.97 Å². The van der Waals surface area contributed by atoms with E-state index in [1.54, 1.807) is 54.7 Å². The Bertz CT molecular complexity index is 1330. The first kappa shape index (κ1) is 22.7. The molecule has 170 valence electrons. The molecule has 4 rings (SSSR count). The molecule has 0 spiro atoms. The van der Waals surface area contributed by atoms with Crippen molar-refractivity contribution in [3.8, 4) is 22.8 Å². The third-order valence-electron chi connectivity index (χ3n) is 5.44. The van der Waals surface area contributed by atoms with Crippen LogP contribution in [0.2, 0.25) is 0 Å². The zero-order valence-corrected chi connectivity index (χ0v) is 18.6. The third kappa shape index (κ3) is 5.13. The van der Waals surface area contributed by atoms with E-state index in [0.29, 0.717) is 23.4 Å². The summed E-state index contributed by atoms with van der Waals surface area (Å²) in [5.74, 6) is -0.911. The lowest BCUT2D eigenvalue weighted by Gasteiger charge is -2.15. The minimum absolute atomic E-state index is 0.150. The summed E-state index contributed by atoms with van der Waals surface area (Å²) < 4.78 is 6.02. The van der Waals surface area contributed by atoms with Crippen molar-refractivity contribution in [3.63, 3.8) is 0 Å². The van der Waals surface area contributed by atoms with Crippen LogP contribution in [-0.2, 0) is 13.0 Å².